The summed E-state index contributed by atoms with van der Waals surface area (Å²) in [4.78, 5) is 3.05. The minimum atomic E-state index is 0.204. The van der Waals surface area contributed by atoms with E-state index < -0.39 is 0 Å². The molecule has 2 aromatic heterocycles. The van der Waals surface area contributed by atoms with Gasteiger partial charge in [0.05, 0.1) is 5.39 Å². The van der Waals surface area contributed by atoms with E-state index in [2.05, 4.69) is 10.1 Å². The lowest BCUT2D eigenvalue weighted by atomic mass is 10.1. The highest BCUT2D eigenvalue weighted by molar-refractivity contribution is 5.99. The highest BCUT2D eigenvalue weighted by atomic mass is 16.5. The van der Waals surface area contributed by atoms with Gasteiger partial charge in [0.2, 0.25) is 5.88 Å². The quantitative estimate of drug-likeness (QED) is 0.580. The first-order valence-corrected chi connectivity index (χ1v) is 4.77. The topological polar surface area (TPSA) is 88.1 Å². The Hall–Kier alpha value is -2.43. The SMILES string of the molecule is Nc1cc(-c2c[nH]c3cccc(O)c23)no1. The minimum Gasteiger partial charge on any atom is -0.507 e. The van der Waals surface area contributed by atoms with Crippen molar-refractivity contribution in [2.75, 3.05) is 5.73 Å². The molecule has 3 aromatic rings. The number of nitrogens with zero attached hydrogens (tertiary/aromatic N) is 1. The molecule has 0 spiro atoms. The fourth-order valence-electron chi connectivity index (χ4n) is 1.78. The highest BCUT2D eigenvalue weighted by Crippen LogP contribution is 2.34. The molecule has 80 valence electrons. The lowest BCUT2D eigenvalue weighted by molar-refractivity contribution is 0.439. The lowest BCUT2D eigenvalue weighted by Gasteiger charge is -1.96. The molecule has 16 heavy (non-hydrogen) atoms. The number of phenols is 1. The first kappa shape index (κ1) is 8.84. The molecule has 0 radical (unpaired) electrons. The molecule has 0 fully saturated rings. The van der Waals surface area contributed by atoms with Crippen molar-refractivity contribution in [2.45, 2.75) is 0 Å². The molecular weight excluding hydrogens is 206 g/mol. The van der Waals surface area contributed by atoms with Crippen molar-refractivity contribution in [3.05, 3.63) is 30.5 Å². The first-order valence-electron chi connectivity index (χ1n) is 4.77. The van der Waals surface area contributed by atoms with Crippen LogP contribution in [0.2, 0.25) is 0 Å². The van der Waals surface area contributed by atoms with Crippen LogP contribution in [0.5, 0.6) is 5.75 Å². The van der Waals surface area contributed by atoms with Crippen LogP contribution in [0.3, 0.4) is 0 Å². The van der Waals surface area contributed by atoms with Crippen LogP contribution < -0.4 is 5.73 Å². The molecule has 3 rings (SSSR count). The molecule has 4 N–H and O–H groups in total. The molecule has 0 unspecified atom stereocenters. The van der Waals surface area contributed by atoms with E-state index in [1.165, 1.54) is 0 Å². The van der Waals surface area contributed by atoms with E-state index in [9.17, 15) is 5.11 Å². The summed E-state index contributed by atoms with van der Waals surface area (Å²) >= 11 is 0. The summed E-state index contributed by atoms with van der Waals surface area (Å²) in [7, 11) is 0. The number of hydrogen-bond acceptors (Lipinski definition) is 4. The van der Waals surface area contributed by atoms with Gasteiger partial charge < -0.3 is 20.3 Å². The molecule has 0 aliphatic rings. The molecule has 0 amide bonds. The van der Waals surface area contributed by atoms with Gasteiger partial charge in [0, 0.05) is 23.3 Å². The fourth-order valence-corrected chi connectivity index (χ4v) is 1.78. The Morgan fingerprint density at radius 1 is 1.38 bits per heavy atom. The van der Waals surface area contributed by atoms with Crippen LogP contribution in [-0.4, -0.2) is 15.2 Å². The molecule has 1 aromatic carbocycles. The van der Waals surface area contributed by atoms with E-state index in [1.807, 2.05) is 6.07 Å². The number of hydrogen-bond donors (Lipinski definition) is 3. The third-order valence-electron chi connectivity index (χ3n) is 2.49. The number of fused-ring (bicyclic) bond motifs is 1. The maximum atomic E-state index is 9.80. The smallest absolute Gasteiger partial charge is 0.222 e. The van der Waals surface area contributed by atoms with Crippen LogP contribution >= 0.6 is 0 Å². The number of benzene rings is 1. The predicted octanol–water partition coefficient (Wildman–Crippen LogP) is 2.11. The van der Waals surface area contributed by atoms with Gasteiger partial charge in [-0.3, -0.25) is 0 Å². The zero-order valence-corrected chi connectivity index (χ0v) is 8.27. The second kappa shape index (κ2) is 3.03. The van der Waals surface area contributed by atoms with Crippen LogP contribution in [-0.2, 0) is 0 Å². The van der Waals surface area contributed by atoms with Crippen LogP contribution in [0, 0.1) is 0 Å². The number of aromatic nitrogens is 2. The summed E-state index contributed by atoms with van der Waals surface area (Å²) in [6.45, 7) is 0. The number of H-pyrrole nitrogens is 1. The predicted molar refractivity (Wildman–Crippen MR) is 59.9 cm³/mol. The number of phenolic OH excluding ortho intramolecular Hbond substituents is 1. The van der Waals surface area contributed by atoms with Gasteiger partial charge in [-0.1, -0.05) is 11.2 Å². The molecule has 5 heteroatoms. The average Bonchev–Trinajstić information content (AvgIpc) is 2.84. The van der Waals surface area contributed by atoms with Crippen LogP contribution in [0.4, 0.5) is 5.88 Å². The number of nitrogens with two attached hydrogens (primary N) is 1. The molecule has 0 saturated heterocycles. The summed E-state index contributed by atoms with van der Waals surface area (Å²) < 4.78 is 4.81. The van der Waals surface area contributed by atoms with E-state index >= 15 is 0 Å². The normalized spacial score (nSPS) is 11.0. The number of anilines is 1. The number of aromatic amines is 1. The Morgan fingerprint density at radius 3 is 3.00 bits per heavy atom. The number of rotatable bonds is 1. The zero-order valence-electron chi connectivity index (χ0n) is 8.27. The monoisotopic (exact) mass is 215 g/mol. The van der Waals surface area contributed by atoms with Crippen LogP contribution in [0.1, 0.15) is 0 Å². The lowest BCUT2D eigenvalue weighted by Crippen LogP contribution is -1.76. The molecule has 0 aliphatic heterocycles. The highest BCUT2D eigenvalue weighted by Gasteiger charge is 2.12. The van der Waals surface area contributed by atoms with Gasteiger partial charge in [-0.05, 0) is 12.1 Å². The maximum absolute atomic E-state index is 9.80. The number of aromatic hydroxyl groups is 1. The largest absolute Gasteiger partial charge is 0.507 e. The standard InChI is InChI=1S/C11H9N3O2/c12-10-4-8(14-16-10)6-5-13-7-2-1-3-9(15)11(6)7/h1-5,13,15H,12H2. The summed E-state index contributed by atoms with van der Waals surface area (Å²) in [6, 6.07) is 6.90. The van der Waals surface area contributed by atoms with Gasteiger partial charge in [0.1, 0.15) is 11.4 Å². The Morgan fingerprint density at radius 2 is 2.25 bits per heavy atom. The average molecular weight is 215 g/mol. The van der Waals surface area contributed by atoms with Crippen molar-refractivity contribution < 1.29 is 9.63 Å². The molecular formula is C11H9N3O2. The van der Waals surface area contributed by atoms with E-state index in [-0.39, 0.29) is 11.6 Å². The molecule has 5 nitrogen and oxygen atoms in total. The summed E-state index contributed by atoms with van der Waals surface area (Å²) in [5.41, 5.74) is 7.68. The zero-order chi connectivity index (χ0) is 11.1. The van der Waals surface area contributed by atoms with Crippen LogP contribution in [0.25, 0.3) is 22.2 Å². The van der Waals surface area contributed by atoms with Gasteiger partial charge in [-0.25, -0.2) is 0 Å². The Balaban J connectivity index is 2.32. The van der Waals surface area contributed by atoms with Crippen molar-refractivity contribution in [1.82, 2.24) is 10.1 Å². The molecule has 2 heterocycles. The van der Waals surface area contributed by atoms with Crippen molar-refractivity contribution in [1.29, 1.82) is 0 Å². The van der Waals surface area contributed by atoms with E-state index in [1.54, 1.807) is 24.4 Å². The second-order valence-corrected chi connectivity index (χ2v) is 3.52. The van der Waals surface area contributed by atoms with Crippen LogP contribution in [0.15, 0.2) is 35.0 Å². The van der Waals surface area contributed by atoms with Gasteiger partial charge in [-0.2, -0.15) is 0 Å². The van der Waals surface area contributed by atoms with Crippen molar-refractivity contribution in [3.63, 3.8) is 0 Å². The van der Waals surface area contributed by atoms with Gasteiger partial charge in [0.25, 0.3) is 0 Å². The van der Waals surface area contributed by atoms with E-state index in [4.69, 9.17) is 10.3 Å². The van der Waals surface area contributed by atoms with E-state index in [0.29, 0.717) is 5.69 Å². The van der Waals surface area contributed by atoms with Gasteiger partial charge in [-0.15, -0.1) is 0 Å². The Labute approximate surface area is 90.5 Å². The molecule has 0 aliphatic carbocycles. The van der Waals surface area contributed by atoms with Crippen molar-refractivity contribution in [2.24, 2.45) is 0 Å². The molecule has 0 atom stereocenters. The van der Waals surface area contributed by atoms with Crippen molar-refractivity contribution >= 4 is 16.8 Å². The summed E-state index contributed by atoms with van der Waals surface area (Å²) in [5, 5.41) is 14.3. The first-order chi connectivity index (χ1) is 7.75. The number of nitrogen functional groups attached to an aromatic ring is 1. The van der Waals surface area contributed by atoms with Gasteiger partial charge >= 0.3 is 0 Å². The summed E-state index contributed by atoms with van der Waals surface area (Å²) in [6.07, 6.45) is 1.77. The second-order valence-electron chi connectivity index (χ2n) is 3.52. The Kier molecular flexibility index (Phi) is 1.67. The number of nitrogens with one attached hydrogen (secondary N) is 1. The molecule has 0 bridgehead atoms. The Bertz CT molecular complexity index is 654. The van der Waals surface area contributed by atoms with Gasteiger partial charge in [0.15, 0.2) is 0 Å². The minimum absolute atomic E-state index is 0.204. The summed E-state index contributed by atoms with van der Waals surface area (Å²) in [5.74, 6) is 0.454. The third kappa shape index (κ3) is 1.15. The van der Waals surface area contributed by atoms with E-state index in [0.717, 1.165) is 16.5 Å². The molecule has 0 saturated carbocycles. The maximum Gasteiger partial charge on any atom is 0.222 e. The third-order valence-corrected chi connectivity index (χ3v) is 2.49. The fraction of sp³-hybridized carbons (Fsp3) is 0. The van der Waals surface area contributed by atoms with Crippen molar-refractivity contribution in [3.8, 4) is 17.0 Å².